The van der Waals surface area contributed by atoms with Crippen LogP contribution in [0.4, 0.5) is 58.2 Å². The van der Waals surface area contributed by atoms with E-state index in [2.05, 4.69) is 86.6 Å². The van der Waals surface area contributed by atoms with Crippen LogP contribution in [0.25, 0.3) is 56.3 Å². The zero-order valence-electron chi connectivity index (χ0n) is 76.9. The Morgan fingerprint density at radius 3 is 0.835 bits per heavy atom. The highest BCUT2D eigenvalue weighted by molar-refractivity contribution is 6.32. The lowest BCUT2D eigenvalue weighted by Crippen LogP contribution is -2.50. The smallest absolute Gasteiger partial charge is 0.253 e. The van der Waals surface area contributed by atoms with E-state index in [1.54, 1.807) is 110 Å². The van der Waals surface area contributed by atoms with Crippen molar-refractivity contribution in [2.45, 2.75) is 58.8 Å². The van der Waals surface area contributed by atoms with Gasteiger partial charge in [-0.1, -0.05) is 125 Å². The molecule has 3 fully saturated rings. The van der Waals surface area contributed by atoms with Gasteiger partial charge in [0.1, 0.15) is 0 Å². The van der Waals surface area contributed by atoms with Crippen molar-refractivity contribution < 1.29 is 28.8 Å². The lowest BCUT2D eigenvalue weighted by atomic mass is 10.1. The highest BCUT2D eigenvalue weighted by Gasteiger charge is 2.25. The van der Waals surface area contributed by atoms with E-state index in [0.29, 0.717) is 115 Å². The number of rotatable bonds is 24. The molecule has 5 aromatic heterocycles. The van der Waals surface area contributed by atoms with Crippen LogP contribution in [0.1, 0.15) is 111 Å². The second-order valence-electron chi connectivity index (χ2n) is 32.8. The van der Waals surface area contributed by atoms with E-state index < -0.39 is 0 Å². The highest BCUT2D eigenvalue weighted by atomic mass is 35.5. The fourth-order valence-corrected chi connectivity index (χ4v) is 15.6. The number of halogens is 5. The number of carbonyl (C=O) groups is 6. The maximum absolute atomic E-state index is 12.7. The Balaban J connectivity index is 0.000000139. The van der Waals surface area contributed by atoms with Crippen molar-refractivity contribution in [1.29, 1.82) is 0 Å². The number of hydrogen-bond donors (Lipinski definition) is 6. The molecule has 139 heavy (non-hydrogen) atoms. The largest absolute Gasteiger partial charge is 0.352 e. The minimum absolute atomic E-state index is 0.0317. The number of carbonyl (C=O) groups excluding carboxylic acids is 6. The van der Waals surface area contributed by atoms with Crippen LogP contribution in [0.5, 0.6) is 0 Å². The molecule has 0 spiro atoms. The number of benzene rings is 10. The monoisotopic (exact) mass is 1950 g/mol. The molecule has 0 unspecified atom stereocenters. The predicted octanol–water partition coefficient (Wildman–Crippen LogP) is 23.1. The summed E-state index contributed by atoms with van der Waals surface area (Å²) in [6.07, 6.45) is 16.8. The van der Waals surface area contributed by atoms with E-state index in [1.165, 1.54) is 38.8 Å². The quantitative estimate of drug-likeness (QED) is 0.0242. The molecule has 6 N–H and O–H groups in total. The molecular weight excluding hydrogens is 1850 g/mol. The third kappa shape index (κ3) is 30.3. The molecule has 0 bridgehead atoms. The topological polar surface area (TPSA) is 320 Å². The zero-order valence-corrected chi connectivity index (χ0v) is 80.7. The summed E-state index contributed by atoms with van der Waals surface area (Å²) in [7, 11) is 3.45. The first-order valence-corrected chi connectivity index (χ1v) is 47.3. The van der Waals surface area contributed by atoms with E-state index in [4.69, 9.17) is 58.0 Å². The number of amides is 5. The summed E-state index contributed by atoms with van der Waals surface area (Å²) >= 11 is 29.7. The minimum Gasteiger partial charge on any atom is -0.352 e. The van der Waals surface area contributed by atoms with Gasteiger partial charge in [-0.15, -0.1) is 0 Å². The molecule has 0 atom stereocenters. The van der Waals surface area contributed by atoms with Gasteiger partial charge in [0.25, 0.3) is 23.6 Å². The number of Topliss-reactive ketones (excluding diaryl/α,β-unsaturated/α-hetero) is 1. The summed E-state index contributed by atoms with van der Waals surface area (Å²) in [6.45, 7) is 11.2. The van der Waals surface area contributed by atoms with Gasteiger partial charge in [-0.2, -0.15) is 0 Å². The molecule has 32 heteroatoms. The standard InChI is InChI=1S/C25H28ClN5O.C23H22ClN5O2.C22H21ClN4O.C19H17ClN4O.C18H14ClN3O/c26-21-9-5-19(6-10-21)23-13-15-28-25(30-23)29-22-11-7-20(8-12-22)24(32)27-14-4-18-31-16-2-1-3-17-31;1-16(30)28-12-14-29(15-13-28)22(31)18-4-8-20(9-5-18)26-23-25-11-10-21(27-23)17-2-6-19(24)7-3-17;23-18-8-4-16(5-9-18)20-12-13-24-22(26-20)25-19-10-6-17(7-11-19)21(28)27-14-2-1-3-15-27;1-24(2)18(25)14-5-9-16(10-6-14)22-19-21-12-11-17(23-19)13-3-7-15(20)8-4-13;1-12(23)13-4-8-16(9-5-13)21-18-20-11-10-17(22-18)14-2-6-15(19)7-3-14/h5-13,15H,1-4,14,16-18H2,(H,27,32)(H,28,29,30);2-11H,12-15H2,1H3,(H,25,26,27);4-13H,1-3,14-15H2,(H,24,25,26);3-12H,1-2H3,(H,21,22,23);2-11H,1H3,(H,20,21,22). The highest BCUT2D eigenvalue weighted by Crippen LogP contribution is 2.30. The van der Waals surface area contributed by atoms with E-state index in [-0.39, 0.29) is 35.3 Å². The lowest BCUT2D eigenvalue weighted by molar-refractivity contribution is -0.130. The van der Waals surface area contributed by atoms with E-state index >= 15 is 0 Å². The molecule has 8 heterocycles. The van der Waals surface area contributed by atoms with Crippen LogP contribution >= 0.6 is 58.0 Å². The van der Waals surface area contributed by atoms with Gasteiger partial charge in [-0.05, 0) is 277 Å². The van der Waals surface area contributed by atoms with E-state index in [9.17, 15) is 28.8 Å². The summed E-state index contributed by atoms with van der Waals surface area (Å²) in [4.78, 5) is 126. The predicted molar refractivity (Wildman–Crippen MR) is 554 cm³/mol. The lowest BCUT2D eigenvalue weighted by Gasteiger charge is -2.34. The first-order chi connectivity index (χ1) is 67.5. The molecule has 5 amide bonds. The minimum atomic E-state index is -0.0452. The first-order valence-electron chi connectivity index (χ1n) is 45.4. The average Bonchev–Trinajstić information content (AvgIpc) is 0.862. The van der Waals surface area contributed by atoms with E-state index in [0.717, 1.165) is 124 Å². The molecule has 3 aliphatic rings. The van der Waals surface area contributed by atoms with Gasteiger partial charge in [0.05, 0.1) is 28.5 Å². The Morgan fingerprint density at radius 1 is 0.295 bits per heavy atom. The number of likely N-dealkylation sites (tertiary alicyclic amines) is 2. The van der Waals surface area contributed by atoms with Crippen molar-refractivity contribution in [2.75, 3.05) is 106 Å². The Morgan fingerprint density at radius 2 is 0.554 bits per heavy atom. The number of hydrogen-bond acceptors (Lipinski definition) is 22. The molecule has 18 rings (SSSR count). The second kappa shape index (κ2) is 50.2. The van der Waals surface area contributed by atoms with Gasteiger partial charge in [0, 0.05) is 207 Å². The van der Waals surface area contributed by atoms with Crippen LogP contribution < -0.4 is 31.9 Å². The molecule has 27 nitrogen and oxygen atoms in total. The van der Waals surface area contributed by atoms with Crippen molar-refractivity contribution in [2.24, 2.45) is 0 Å². The molecule has 3 saturated heterocycles. The third-order valence-corrected chi connectivity index (χ3v) is 23.8. The van der Waals surface area contributed by atoms with Crippen LogP contribution in [-0.2, 0) is 4.79 Å². The van der Waals surface area contributed by atoms with Crippen LogP contribution in [-0.4, -0.2) is 189 Å². The fraction of sp³-hybridized carbons (Fsp3) is 0.196. The van der Waals surface area contributed by atoms with Crippen molar-refractivity contribution in [3.8, 4) is 56.3 Å². The summed E-state index contributed by atoms with van der Waals surface area (Å²) < 4.78 is 0. The summed E-state index contributed by atoms with van der Waals surface area (Å²) in [6, 6.07) is 83.1. The number of piperidine rings is 2. The Kier molecular flexibility index (Phi) is 36.1. The Hall–Kier alpha value is -15.0. The number of aromatic nitrogens is 10. The van der Waals surface area contributed by atoms with Crippen LogP contribution in [0.2, 0.25) is 25.1 Å². The number of nitrogens with zero attached hydrogens (tertiary/aromatic N) is 15. The Labute approximate surface area is 832 Å². The van der Waals surface area contributed by atoms with E-state index in [1.807, 2.05) is 241 Å². The zero-order chi connectivity index (χ0) is 97.4. The van der Waals surface area contributed by atoms with Gasteiger partial charge in [0.15, 0.2) is 5.78 Å². The first kappa shape index (κ1) is 100.0. The Bertz CT molecular complexity index is 6610. The van der Waals surface area contributed by atoms with Crippen molar-refractivity contribution in [3.05, 3.63) is 357 Å². The van der Waals surface area contributed by atoms with Crippen LogP contribution in [0, 0.1) is 0 Å². The third-order valence-electron chi connectivity index (χ3n) is 22.5. The van der Waals surface area contributed by atoms with Crippen LogP contribution in [0.3, 0.4) is 0 Å². The maximum Gasteiger partial charge on any atom is 0.253 e. The number of anilines is 10. The van der Waals surface area contributed by atoms with Gasteiger partial charge in [0.2, 0.25) is 35.6 Å². The normalized spacial score (nSPS) is 12.7. The molecule has 0 aliphatic carbocycles. The second-order valence-corrected chi connectivity index (χ2v) is 35.0. The van der Waals surface area contributed by atoms with Gasteiger partial charge in [-0.25, -0.2) is 49.8 Å². The van der Waals surface area contributed by atoms with Gasteiger partial charge in [-0.3, -0.25) is 28.8 Å². The molecular formula is C107H102Cl5N21O6. The molecule has 0 saturated carbocycles. The average molecular weight is 1960 g/mol. The summed E-state index contributed by atoms with van der Waals surface area (Å²) in [5, 5.41) is 22.3. The number of piperazine rings is 1. The molecule has 706 valence electrons. The fourth-order valence-electron chi connectivity index (χ4n) is 15.0. The SMILES string of the molecule is CC(=O)N1CCN(C(=O)c2ccc(Nc3nccc(-c4ccc(Cl)cc4)n3)cc2)CC1.CC(=O)c1ccc(Nc2nccc(-c3ccc(Cl)cc3)n2)cc1.CN(C)C(=O)c1ccc(Nc2nccc(-c3ccc(Cl)cc3)n2)cc1.O=C(NCCCN1CCCCC1)c1ccc(Nc2nccc(-c3ccc(Cl)cc3)n2)cc1.O=C(c1ccc(Nc2nccc(-c3ccc(Cl)cc3)n2)cc1)N1CCCCC1. The summed E-state index contributed by atoms with van der Waals surface area (Å²) in [5.41, 5.74) is 16.1. The van der Waals surface area contributed by atoms with Gasteiger partial charge < -0.3 is 56.4 Å². The van der Waals surface area contributed by atoms with Gasteiger partial charge >= 0.3 is 0 Å². The van der Waals surface area contributed by atoms with Crippen molar-refractivity contribution in [3.63, 3.8) is 0 Å². The molecule has 0 radical (unpaired) electrons. The van der Waals surface area contributed by atoms with Crippen LogP contribution in [0.15, 0.2) is 304 Å². The van der Waals surface area contributed by atoms with Crippen molar-refractivity contribution >= 4 is 152 Å². The molecule has 15 aromatic rings. The molecule has 10 aromatic carbocycles. The number of ketones is 1. The maximum atomic E-state index is 12.7. The number of nitrogens with one attached hydrogen (secondary N) is 6. The van der Waals surface area contributed by atoms with Crippen molar-refractivity contribution in [1.82, 2.24) is 79.7 Å². The molecule has 3 aliphatic heterocycles. The summed E-state index contributed by atoms with van der Waals surface area (Å²) in [5.74, 6) is 2.52.